The number of esters is 1. The van der Waals surface area contributed by atoms with E-state index in [9.17, 15) is 18.0 Å². The molecule has 0 bridgehead atoms. The molecule has 1 aromatic rings. The molecule has 3 nitrogen and oxygen atoms in total. The molecule has 0 amide bonds. The first-order valence-corrected chi connectivity index (χ1v) is 6.29. The van der Waals surface area contributed by atoms with Crippen molar-refractivity contribution in [3.05, 3.63) is 28.8 Å². The van der Waals surface area contributed by atoms with Gasteiger partial charge < -0.3 is 4.74 Å². The molecule has 7 heteroatoms. The summed E-state index contributed by atoms with van der Waals surface area (Å²) in [4.78, 5) is 14.9. The van der Waals surface area contributed by atoms with Crippen LogP contribution >= 0.6 is 15.9 Å². The zero-order chi connectivity index (χ0) is 13.7. The van der Waals surface area contributed by atoms with Gasteiger partial charge in [0.15, 0.2) is 0 Å². The molecule has 0 aromatic carbocycles. The van der Waals surface area contributed by atoms with Crippen LogP contribution in [-0.2, 0) is 21.3 Å². The lowest BCUT2D eigenvalue weighted by Gasteiger charge is -2.09. The van der Waals surface area contributed by atoms with Crippen LogP contribution in [-0.4, -0.2) is 17.6 Å². The maximum absolute atomic E-state index is 13.5. The molecule has 1 heterocycles. The van der Waals surface area contributed by atoms with Gasteiger partial charge in [-0.15, -0.1) is 0 Å². The molecule has 100 valence electrons. The van der Waals surface area contributed by atoms with Crippen molar-refractivity contribution in [3.8, 4) is 0 Å². The van der Waals surface area contributed by atoms with Crippen LogP contribution in [0.4, 0.5) is 13.2 Å². The molecular formula is C11H11BrF3NO2. The Kier molecular flexibility index (Phi) is 5.58. The summed E-state index contributed by atoms with van der Waals surface area (Å²) in [7, 11) is 0. The normalized spacial score (nSPS) is 10.8. The van der Waals surface area contributed by atoms with Gasteiger partial charge in [0.05, 0.1) is 24.4 Å². The number of halogens is 4. The fourth-order valence-electron chi connectivity index (χ4n) is 1.35. The van der Waals surface area contributed by atoms with E-state index in [1.54, 1.807) is 6.92 Å². The second-order valence-corrected chi connectivity index (χ2v) is 3.93. The number of nitrogens with zero attached hydrogens (tertiary/aromatic N) is 1. The van der Waals surface area contributed by atoms with Gasteiger partial charge >= 0.3 is 5.97 Å². The van der Waals surface area contributed by atoms with Crippen LogP contribution in [0, 0.1) is 5.82 Å². The Morgan fingerprint density at radius 2 is 2.17 bits per heavy atom. The number of aromatic nitrogens is 1. The number of pyridine rings is 1. The Morgan fingerprint density at radius 3 is 2.67 bits per heavy atom. The number of ether oxygens (including phenoxy) is 1. The van der Waals surface area contributed by atoms with Gasteiger partial charge in [0.25, 0.3) is 6.43 Å². The maximum Gasteiger partial charge on any atom is 0.311 e. The summed E-state index contributed by atoms with van der Waals surface area (Å²) in [5, 5.41) is 0.0583. The average Bonchev–Trinajstić information content (AvgIpc) is 2.31. The highest BCUT2D eigenvalue weighted by molar-refractivity contribution is 9.08. The van der Waals surface area contributed by atoms with Gasteiger partial charge in [-0.25, -0.2) is 13.2 Å². The minimum atomic E-state index is -2.81. The summed E-state index contributed by atoms with van der Waals surface area (Å²) in [6.45, 7) is 1.78. The Bertz CT molecular complexity index is 441. The van der Waals surface area contributed by atoms with E-state index in [1.807, 2.05) is 0 Å². The van der Waals surface area contributed by atoms with Crippen LogP contribution in [0.3, 0.4) is 0 Å². The third kappa shape index (κ3) is 3.69. The molecule has 1 rings (SSSR count). The third-order valence-electron chi connectivity index (χ3n) is 2.14. The third-order valence-corrected chi connectivity index (χ3v) is 2.67. The lowest BCUT2D eigenvalue weighted by atomic mass is 10.1. The Hall–Kier alpha value is -1.11. The molecule has 0 aliphatic rings. The summed E-state index contributed by atoms with van der Waals surface area (Å²) in [6.07, 6.45) is -3.18. The lowest BCUT2D eigenvalue weighted by Crippen LogP contribution is -2.12. The summed E-state index contributed by atoms with van der Waals surface area (Å²) < 4.78 is 43.3. The molecular weight excluding hydrogens is 315 g/mol. The quantitative estimate of drug-likeness (QED) is 0.616. The van der Waals surface area contributed by atoms with Crippen molar-refractivity contribution in [2.45, 2.75) is 25.1 Å². The van der Waals surface area contributed by atoms with E-state index in [4.69, 9.17) is 0 Å². The number of carbonyl (C=O) groups excluding carboxylic acids is 1. The Labute approximate surface area is 110 Å². The molecule has 0 atom stereocenters. The summed E-state index contributed by atoms with van der Waals surface area (Å²) >= 11 is 3.00. The predicted molar refractivity (Wildman–Crippen MR) is 62.1 cm³/mol. The maximum atomic E-state index is 13.5. The number of alkyl halides is 3. The highest BCUT2D eigenvalue weighted by Gasteiger charge is 2.19. The van der Waals surface area contributed by atoms with Crippen LogP contribution in [0.2, 0.25) is 0 Å². The van der Waals surface area contributed by atoms with E-state index in [2.05, 4.69) is 25.7 Å². The van der Waals surface area contributed by atoms with Crippen molar-refractivity contribution in [1.82, 2.24) is 4.98 Å². The van der Waals surface area contributed by atoms with Gasteiger partial charge in [0.1, 0.15) is 5.82 Å². The topological polar surface area (TPSA) is 39.2 Å². The SMILES string of the molecule is CCOC(=O)Cc1nc(CBr)c(C(F)F)cc1F. The number of carbonyl (C=O) groups is 1. The van der Waals surface area contributed by atoms with Crippen LogP contribution in [0.15, 0.2) is 6.07 Å². The van der Waals surface area contributed by atoms with Crippen LogP contribution in [0.25, 0.3) is 0 Å². The monoisotopic (exact) mass is 325 g/mol. The molecule has 0 aliphatic carbocycles. The smallest absolute Gasteiger partial charge is 0.311 e. The van der Waals surface area contributed by atoms with E-state index >= 15 is 0 Å². The Balaban J connectivity index is 3.04. The number of hydrogen-bond acceptors (Lipinski definition) is 3. The zero-order valence-corrected chi connectivity index (χ0v) is 11.1. The highest BCUT2D eigenvalue weighted by Crippen LogP contribution is 2.25. The van der Waals surface area contributed by atoms with Gasteiger partial charge in [-0.1, -0.05) is 15.9 Å². The zero-order valence-electron chi connectivity index (χ0n) is 9.55. The van der Waals surface area contributed by atoms with Gasteiger partial charge in [-0.3, -0.25) is 9.78 Å². The lowest BCUT2D eigenvalue weighted by molar-refractivity contribution is -0.142. The molecule has 0 spiro atoms. The first kappa shape index (κ1) is 14.9. The fraction of sp³-hybridized carbons (Fsp3) is 0.455. The molecule has 18 heavy (non-hydrogen) atoms. The molecule has 0 N–H and O–H groups in total. The average molecular weight is 326 g/mol. The van der Waals surface area contributed by atoms with E-state index in [1.165, 1.54) is 0 Å². The van der Waals surface area contributed by atoms with Crippen molar-refractivity contribution in [3.63, 3.8) is 0 Å². The van der Waals surface area contributed by atoms with Gasteiger partial charge in [0.2, 0.25) is 0 Å². The van der Waals surface area contributed by atoms with E-state index in [0.29, 0.717) is 6.07 Å². The molecule has 0 radical (unpaired) electrons. The van der Waals surface area contributed by atoms with E-state index in [-0.39, 0.29) is 29.7 Å². The Morgan fingerprint density at radius 1 is 1.50 bits per heavy atom. The molecule has 1 aromatic heterocycles. The molecule has 0 saturated heterocycles. The number of hydrogen-bond donors (Lipinski definition) is 0. The minimum Gasteiger partial charge on any atom is -0.466 e. The molecule has 0 aliphatic heterocycles. The second-order valence-electron chi connectivity index (χ2n) is 3.37. The van der Waals surface area contributed by atoms with E-state index in [0.717, 1.165) is 0 Å². The fourth-order valence-corrected chi connectivity index (χ4v) is 1.80. The van der Waals surface area contributed by atoms with Gasteiger partial charge in [-0.05, 0) is 13.0 Å². The summed E-state index contributed by atoms with van der Waals surface area (Å²) in [5.74, 6) is -1.57. The minimum absolute atomic E-state index is 0.0192. The van der Waals surface area contributed by atoms with Crippen molar-refractivity contribution in [2.24, 2.45) is 0 Å². The van der Waals surface area contributed by atoms with Crippen molar-refractivity contribution >= 4 is 21.9 Å². The largest absolute Gasteiger partial charge is 0.466 e. The second kappa shape index (κ2) is 6.72. The van der Waals surface area contributed by atoms with Crippen LogP contribution < -0.4 is 0 Å². The summed E-state index contributed by atoms with van der Waals surface area (Å²) in [6, 6.07) is 0.711. The van der Waals surface area contributed by atoms with Crippen LogP contribution in [0.5, 0.6) is 0 Å². The first-order chi connectivity index (χ1) is 8.49. The molecule has 0 fully saturated rings. The van der Waals surface area contributed by atoms with Crippen molar-refractivity contribution in [1.29, 1.82) is 0 Å². The first-order valence-electron chi connectivity index (χ1n) is 5.17. The van der Waals surface area contributed by atoms with Gasteiger partial charge in [0, 0.05) is 10.9 Å². The molecule has 0 unspecified atom stereocenters. The molecule has 0 saturated carbocycles. The van der Waals surface area contributed by atoms with Crippen LogP contribution in [0.1, 0.15) is 30.3 Å². The highest BCUT2D eigenvalue weighted by atomic mass is 79.9. The standard InChI is InChI=1S/C11H11BrF3NO2/c1-2-18-10(17)4-8-7(13)3-6(11(14)15)9(5-12)16-8/h3,11H,2,4-5H2,1H3. The summed E-state index contributed by atoms with van der Waals surface area (Å²) in [5.41, 5.74) is -0.644. The number of rotatable bonds is 5. The van der Waals surface area contributed by atoms with Gasteiger partial charge in [-0.2, -0.15) is 0 Å². The van der Waals surface area contributed by atoms with E-state index < -0.39 is 23.8 Å². The van der Waals surface area contributed by atoms with Crippen molar-refractivity contribution in [2.75, 3.05) is 6.61 Å². The predicted octanol–water partition coefficient (Wildman–Crippen LogP) is 3.16. The van der Waals surface area contributed by atoms with Crippen molar-refractivity contribution < 1.29 is 22.7 Å².